The molecule has 0 unspecified atom stereocenters. The van der Waals surface area contributed by atoms with Crippen molar-refractivity contribution in [3.63, 3.8) is 0 Å². The number of hydrogen-bond acceptors (Lipinski definition) is 1. The number of benzene rings is 1. The maximum absolute atomic E-state index is 11.1. The highest BCUT2D eigenvalue weighted by Crippen LogP contribution is 2.06. The first kappa shape index (κ1) is 12.2. The Balaban J connectivity index is 0.000000149. The molecule has 0 radical (unpaired) electrons. The first-order valence-corrected chi connectivity index (χ1v) is 5.86. The molecule has 3 rings (SSSR count). The van der Waals surface area contributed by atoms with E-state index in [1.807, 2.05) is 36.5 Å². The summed E-state index contributed by atoms with van der Waals surface area (Å²) < 4.78 is 0.870. The maximum Gasteiger partial charge on any atom is 0.223 e. The van der Waals surface area contributed by atoms with E-state index in [1.165, 1.54) is 17.5 Å². The summed E-state index contributed by atoms with van der Waals surface area (Å²) in [4.78, 5) is 3.07. The van der Waals surface area contributed by atoms with Crippen molar-refractivity contribution in [3.05, 3.63) is 71.3 Å². The number of aromatic amines is 1. The Hall–Kier alpha value is -2.29. The molecule has 18 heavy (non-hydrogen) atoms. The van der Waals surface area contributed by atoms with Crippen molar-refractivity contribution in [1.29, 1.82) is 0 Å². The average molecular weight is 240 g/mol. The van der Waals surface area contributed by atoms with Gasteiger partial charge in [-0.15, -0.1) is 0 Å². The van der Waals surface area contributed by atoms with Crippen LogP contribution in [0.15, 0.2) is 54.9 Å². The summed E-state index contributed by atoms with van der Waals surface area (Å²) in [5.74, 6) is 0. The number of hydrogen-bond donors (Lipinski definition) is 1. The number of H-pyrrole nitrogens is 1. The Morgan fingerprint density at radius 1 is 1.00 bits per heavy atom. The van der Waals surface area contributed by atoms with E-state index in [0.717, 1.165) is 15.6 Å². The van der Waals surface area contributed by atoms with Gasteiger partial charge in [-0.1, -0.05) is 12.1 Å². The van der Waals surface area contributed by atoms with Crippen molar-refractivity contribution in [2.45, 2.75) is 13.8 Å². The highest BCUT2D eigenvalue weighted by molar-refractivity contribution is 5.74. The van der Waals surface area contributed by atoms with Crippen LogP contribution in [-0.4, -0.2) is 4.98 Å². The normalized spacial score (nSPS) is 9.89. The molecule has 0 amide bonds. The minimum absolute atomic E-state index is 0.718. The largest absolute Gasteiger partial charge is 0.618 e. The molecule has 1 N–H and O–H groups in total. The molecule has 3 nitrogen and oxygen atoms in total. The van der Waals surface area contributed by atoms with E-state index in [0.29, 0.717) is 0 Å². The third kappa shape index (κ3) is 2.69. The molecule has 0 spiro atoms. The highest BCUT2D eigenvalue weighted by atomic mass is 16.5. The van der Waals surface area contributed by atoms with Gasteiger partial charge >= 0.3 is 0 Å². The van der Waals surface area contributed by atoms with Crippen LogP contribution >= 0.6 is 0 Å². The Bertz CT molecular complexity index is 622. The van der Waals surface area contributed by atoms with Gasteiger partial charge in [-0.3, -0.25) is 0 Å². The molecule has 3 aromatic rings. The molecule has 0 saturated carbocycles. The topological polar surface area (TPSA) is 42.7 Å². The van der Waals surface area contributed by atoms with Crippen LogP contribution in [0.3, 0.4) is 0 Å². The van der Waals surface area contributed by atoms with Crippen LogP contribution in [-0.2, 0) is 0 Å². The van der Waals surface area contributed by atoms with Crippen molar-refractivity contribution in [1.82, 2.24) is 4.98 Å². The van der Waals surface area contributed by atoms with Gasteiger partial charge in [-0.05, 0) is 37.6 Å². The number of aryl methyl sites for hydroxylation is 2. The van der Waals surface area contributed by atoms with Crippen molar-refractivity contribution in [2.75, 3.05) is 0 Å². The third-order valence-electron chi connectivity index (χ3n) is 2.90. The van der Waals surface area contributed by atoms with Crippen molar-refractivity contribution < 1.29 is 4.73 Å². The van der Waals surface area contributed by atoms with E-state index < -0.39 is 0 Å². The van der Waals surface area contributed by atoms with Gasteiger partial charge in [0.15, 0.2) is 6.20 Å². The molecule has 2 aromatic heterocycles. The zero-order valence-electron chi connectivity index (χ0n) is 10.6. The van der Waals surface area contributed by atoms with Gasteiger partial charge in [0.05, 0.1) is 0 Å². The summed E-state index contributed by atoms with van der Waals surface area (Å²) in [6.45, 7) is 4.15. The zero-order chi connectivity index (χ0) is 13.0. The Labute approximate surface area is 106 Å². The number of nitrogens with one attached hydrogen (secondary N) is 1. The molecular formula is C15H16N2O. The Kier molecular flexibility index (Phi) is 3.63. The lowest BCUT2D eigenvalue weighted by molar-refractivity contribution is -0.577. The number of rotatable bonds is 0. The van der Waals surface area contributed by atoms with Gasteiger partial charge in [0.25, 0.3) is 0 Å². The highest BCUT2D eigenvalue weighted by Gasteiger charge is 1.97. The van der Waals surface area contributed by atoms with Crippen LogP contribution in [0.1, 0.15) is 11.3 Å². The van der Waals surface area contributed by atoms with E-state index >= 15 is 0 Å². The van der Waals surface area contributed by atoms with Crippen LogP contribution in [0, 0.1) is 19.1 Å². The first-order chi connectivity index (χ1) is 8.68. The van der Waals surface area contributed by atoms with E-state index in [-0.39, 0.29) is 0 Å². The van der Waals surface area contributed by atoms with Gasteiger partial charge in [-0.2, -0.15) is 4.73 Å². The van der Waals surface area contributed by atoms with Gasteiger partial charge in [0.1, 0.15) is 0 Å². The standard InChI is InChI=1S/C9H7NO.C6H9N/c11-10-7-3-5-8-4-1-2-6-9(8)10;1-5-3-4-7-6(5)2/h1-7H;3-4,7H,1-2H3. The van der Waals surface area contributed by atoms with Gasteiger partial charge in [-0.25, -0.2) is 0 Å². The predicted octanol–water partition coefficient (Wildman–Crippen LogP) is 3.10. The minimum atomic E-state index is 0.718. The molecular weight excluding hydrogens is 224 g/mol. The Morgan fingerprint density at radius 3 is 2.28 bits per heavy atom. The van der Waals surface area contributed by atoms with E-state index in [9.17, 15) is 5.21 Å². The molecule has 0 aliphatic carbocycles. The number of fused-ring (bicyclic) bond motifs is 1. The summed E-state index contributed by atoms with van der Waals surface area (Å²) in [6.07, 6.45) is 3.45. The molecule has 3 heteroatoms. The summed E-state index contributed by atoms with van der Waals surface area (Å²) in [7, 11) is 0. The summed E-state index contributed by atoms with van der Waals surface area (Å²) >= 11 is 0. The molecule has 1 aromatic carbocycles. The van der Waals surface area contributed by atoms with E-state index in [2.05, 4.69) is 24.9 Å². The maximum atomic E-state index is 11.1. The lowest BCUT2D eigenvalue weighted by Gasteiger charge is -1.98. The molecule has 0 aliphatic rings. The minimum Gasteiger partial charge on any atom is -0.618 e. The average Bonchev–Trinajstić information content (AvgIpc) is 2.75. The molecule has 92 valence electrons. The second kappa shape index (κ2) is 5.36. The van der Waals surface area contributed by atoms with Crippen molar-refractivity contribution in [3.8, 4) is 0 Å². The Morgan fingerprint density at radius 2 is 1.72 bits per heavy atom. The SMILES string of the molecule is Cc1cc[nH]c1C.[O-][n+]1cccc2ccccc21. The fraction of sp³-hybridized carbons (Fsp3) is 0.133. The molecule has 2 heterocycles. The van der Waals surface area contributed by atoms with Gasteiger partial charge in [0, 0.05) is 29.4 Å². The molecule has 0 fully saturated rings. The first-order valence-electron chi connectivity index (χ1n) is 5.86. The fourth-order valence-electron chi connectivity index (χ4n) is 1.66. The summed E-state index contributed by atoms with van der Waals surface area (Å²) in [6, 6.07) is 13.2. The zero-order valence-corrected chi connectivity index (χ0v) is 10.6. The lowest BCUT2D eigenvalue weighted by atomic mass is 10.2. The molecule has 0 bridgehead atoms. The second-order valence-electron chi connectivity index (χ2n) is 4.18. The number of pyridine rings is 1. The number of nitrogens with zero attached hydrogens (tertiary/aromatic N) is 1. The fourth-order valence-corrected chi connectivity index (χ4v) is 1.66. The van der Waals surface area contributed by atoms with Gasteiger partial charge in [0.2, 0.25) is 5.52 Å². The predicted molar refractivity (Wildman–Crippen MR) is 73.2 cm³/mol. The van der Waals surface area contributed by atoms with Crippen LogP contribution in [0.25, 0.3) is 10.9 Å². The summed E-state index contributed by atoms with van der Waals surface area (Å²) in [5, 5.41) is 12.1. The second-order valence-corrected chi connectivity index (χ2v) is 4.18. The van der Waals surface area contributed by atoms with Crippen molar-refractivity contribution >= 4 is 10.9 Å². The van der Waals surface area contributed by atoms with Crippen LogP contribution in [0.4, 0.5) is 0 Å². The van der Waals surface area contributed by atoms with Gasteiger partial charge < -0.3 is 10.2 Å². The molecule has 0 aliphatic heterocycles. The van der Waals surface area contributed by atoms with E-state index in [4.69, 9.17) is 0 Å². The van der Waals surface area contributed by atoms with Crippen LogP contribution in [0.2, 0.25) is 0 Å². The quantitative estimate of drug-likeness (QED) is 0.476. The molecule has 0 atom stereocenters. The number of para-hydroxylation sites is 1. The lowest BCUT2D eigenvalue weighted by Crippen LogP contribution is -2.25. The number of aromatic nitrogens is 2. The third-order valence-corrected chi connectivity index (χ3v) is 2.90. The van der Waals surface area contributed by atoms with Crippen LogP contribution < -0.4 is 4.73 Å². The summed E-state index contributed by atoms with van der Waals surface area (Å²) in [5.41, 5.74) is 3.31. The van der Waals surface area contributed by atoms with Crippen molar-refractivity contribution in [2.24, 2.45) is 0 Å². The van der Waals surface area contributed by atoms with E-state index in [1.54, 1.807) is 6.07 Å². The van der Waals surface area contributed by atoms with Crippen LogP contribution in [0.5, 0.6) is 0 Å². The monoisotopic (exact) mass is 240 g/mol. The molecule has 0 saturated heterocycles. The smallest absolute Gasteiger partial charge is 0.223 e.